The topological polar surface area (TPSA) is 69.6 Å². The van der Waals surface area contributed by atoms with Crippen LogP contribution in [0.5, 0.6) is 0 Å². The molecular weight excluding hydrogens is 256 g/mol. The quantitative estimate of drug-likeness (QED) is 0.871. The molecule has 0 unspecified atom stereocenters. The van der Waals surface area contributed by atoms with Crippen LogP contribution in [0.25, 0.3) is 0 Å². The van der Waals surface area contributed by atoms with Crippen molar-refractivity contribution in [1.29, 1.82) is 0 Å². The number of urea groups is 1. The van der Waals surface area contributed by atoms with E-state index in [1.165, 1.54) is 12.5 Å². The molecule has 5 nitrogen and oxygen atoms in total. The van der Waals surface area contributed by atoms with Gasteiger partial charge in [0, 0.05) is 13.1 Å². The monoisotopic (exact) mass is 276 g/mol. The SMILES string of the molecule is O=C(O)c1ccccc1NC(=O)N1CCCCCCC1. The molecule has 0 saturated carbocycles. The second-order valence-corrected chi connectivity index (χ2v) is 5.04. The first-order chi connectivity index (χ1) is 9.68. The van der Waals surface area contributed by atoms with Crippen molar-refractivity contribution >= 4 is 17.7 Å². The molecular formula is C15H20N2O3. The summed E-state index contributed by atoms with van der Waals surface area (Å²) in [5.41, 5.74) is 0.472. The van der Waals surface area contributed by atoms with E-state index in [1.807, 2.05) is 0 Å². The van der Waals surface area contributed by atoms with Crippen LogP contribution in [-0.4, -0.2) is 35.1 Å². The fraction of sp³-hybridized carbons (Fsp3) is 0.467. The molecule has 1 heterocycles. The van der Waals surface area contributed by atoms with Crippen molar-refractivity contribution in [2.75, 3.05) is 18.4 Å². The molecule has 108 valence electrons. The Hall–Kier alpha value is -2.04. The fourth-order valence-corrected chi connectivity index (χ4v) is 2.42. The second-order valence-electron chi connectivity index (χ2n) is 5.04. The standard InChI is InChI=1S/C15H20N2O3/c18-14(19)12-8-4-5-9-13(12)16-15(20)17-10-6-2-1-3-7-11-17/h4-5,8-9H,1-3,6-7,10-11H2,(H,16,20)(H,18,19). The second kappa shape index (κ2) is 6.93. The Bertz CT molecular complexity index is 480. The van der Waals surface area contributed by atoms with Crippen molar-refractivity contribution in [2.45, 2.75) is 32.1 Å². The van der Waals surface area contributed by atoms with Crippen LogP contribution >= 0.6 is 0 Å². The van der Waals surface area contributed by atoms with Crippen LogP contribution in [-0.2, 0) is 0 Å². The van der Waals surface area contributed by atoms with E-state index >= 15 is 0 Å². The third-order valence-corrected chi connectivity index (χ3v) is 3.54. The molecule has 1 saturated heterocycles. The molecule has 1 aromatic carbocycles. The van der Waals surface area contributed by atoms with Crippen LogP contribution in [0.15, 0.2) is 24.3 Å². The molecule has 1 aromatic rings. The van der Waals surface area contributed by atoms with Gasteiger partial charge in [0.05, 0.1) is 11.3 Å². The number of nitrogens with zero attached hydrogens (tertiary/aromatic N) is 1. The molecule has 2 rings (SSSR count). The van der Waals surface area contributed by atoms with Crippen LogP contribution in [0.4, 0.5) is 10.5 Å². The average Bonchev–Trinajstić information content (AvgIpc) is 2.38. The zero-order chi connectivity index (χ0) is 14.4. The number of nitrogens with one attached hydrogen (secondary N) is 1. The number of para-hydroxylation sites is 1. The van der Waals surface area contributed by atoms with Crippen LogP contribution in [0.3, 0.4) is 0 Å². The number of carboxylic acid groups (broad SMARTS) is 1. The van der Waals surface area contributed by atoms with Crippen molar-refractivity contribution < 1.29 is 14.7 Å². The average molecular weight is 276 g/mol. The molecule has 1 aliphatic rings. The molecule has 1 fully saturated rings. The van der Waals surface area contributed by atoms with Gasteiger partial charge in [0.1, 0.15) is 0 Å². The number of carbonyl (C=O) groups excluding carboxylic acids is 1. The molecule has 2 amide bonds. The largest absolute Gasteiger partial charge is 0.478 e. The van der Waals surface area contributed by atoms with Gasteiger partial charge in [-0.05, 0) is 25.0 Å². The molecule has 2 N–H and O–H groups in total. The highest BCUT2D eigenvalue weighted by atomic mass is 16.4. The molecule has 0 aromatic heterocycles. The molecule has 0 spiro atoms. The lowest BCUT2D eigenvalue weighted by Crippen LogP contribution is -2.37. The van der Waals surface area contributed by atoms with Gasteiger partial charge in [-0.2, -0.15) is 0 Å². The van der Waals surface area contributed by atoms with E-state index in [4.69, 9.17) is 5.11 Å². The maximum absolute atomic E-state index is 12.2. The van der Waals surface area contributed by atoms with E-state index in [0.29, 0.717) is 5.69 Å². The van der Waals surface area contributed by atoms with Crippen molar-refractivity contribution in [1.82, 2.24) is 4.90 Å². The Labute approximate surface area is 118 Å². The minimum Gasteiger partial charge on any atom is -0.478 e. The molecule has 0 radical (unpaired) electrons. The number of likely N-dealkylation sites (tertiary alicyclic amines) is 1. The number of benzene rings is 1. The number of rotatable bonds is 2. The van der Waals surface area contributed by atoms with Crippen molar-refractivity contribution in [3.05, 3.63) is 29.8 Å². The number of carboxylic acids is 1. The van der Waals surface area contributed by atoms with Crippen molar-refractivity contribution in [2.24, 2.45) is 0 Å². The van der Waals surface area contributed by atoms with E-state index in [2.05, 4.69) is 5.32 Å². The summed E-state index contributed by atoms with van der Waals surface area (Å²) in [6.45, 7) is 1.47. The third-order valence-electron chi connectivity index (χ3n) is 3.54. The number of anilines is 1. The molecule has 0 atom stereocenters. The Morgan fingerprint density at radius 1 is 1.00 bits per heavy atom. The highest BCUT2D eigenvalue weighted by Gasteiger charge is 2.17. The van der Waals surface area contributed by atoms with E-state index < -0.39 is 5.97 Å². The Balaban J connectivity index is 2.05. The lowest BCUT2D eigenvalue weighted by Gasteiger charge is -2.25. The fourth-order valence-electron chi connectivity index (χ4n) is 2.42. The van der Waals surface area contributed by atoms with Crippen LogP contribution in [0.1, 0.15) is 42.5 Å². The lowest BCUT2D eigenvalue weighted by molar-refractivity contribution is 0.0698. The smallest absolute Gasteiger partial charge is 0.337 e. The first-order valence-electron chi connectivity index (χ1n) is 7.07. The number of amides is 2. The Morgan fingerprint density at radius 2 is 1.60 bits per heavy atom. The summed E-state index contributed by atoms with van der Waals surface area (Å²) < 4.78 is 0. The first-order valence-corrected chi connectivity index (χ1v) is 7.07. The van der Waals surface area contributed by atoms with Gasteiger partial charge in [-0.3, -0.25) is 0 Å². The molecule has 1 aliphatic heterocycles. The number of carbonyl (C=O) groups is 2. The van der Waals surface area contributed by atoms with Gasteiger partial charge in [0.2, 0.25) is 0 Å². The predicted molar refractivity (Wildman–Crippen MR) is 77.1 cm³/mol. The van der Waals surface area contributed by atoms with Gasteiger partial charge in [0.15, 0.2) is 0 Å². The molecule has 0 aliphatic carbocycles. The molecule has 0 bridgehead atoms. The Morgan fingerprint density at radius 3 is 2.25 bits per heavy atom. The first kappa shape index (κ1) is 14.4. The summed E-state index contributed by atoms with van der Waals surface area (Å²) in [4.78, 5) is 25.1. The van der Waals surface area contributed by atoms with Gasteiger partial charge in [-0.15, -0.1) is 0 Å². The van der Waals surface area contributed by atoms with Gasteiger partial charge < -0.3 is 15.3 Å². The van der Waals surface area contributed by atoms with Gasteiger partial charge in [-0.1, -0.05) is 31.4 Å². The maximum Gasteiger partial charge on any atom is 0.337 e. The maximum atomic E-state index is 12.2. The Kier molecular flexibility index (Phi) is 4.98. The number of hydrogen-bond acceptors (Lipinski definition) is 2. The number of hydrogen-bond donors (Lipinski definition) is 2. The van der Waals surface area contributed by atoms with Crippen molar-refractivity contribution in [3.8, 4) is 0 Å². The zero-order valence-corrected chi connectivity index (χ0v) is 11.5. The van der Waals surface area contributed by atoms with Gasteiger partial charge >= 0.3 is 12.0 Å². The lowest BCUT2D eigenvalue weighted by atomic mass is 10.1. The summed E-state index contributed by atoms with van der Waals surface area (Å²) >= 11 is 0. The van der Waals surface area contributed by atoms with Gasteiger partial charge in [-0.25, -0.2) is 9.59 Å². The van der Waals surface area contributed by atoms with E-state index in [1.54, 1.807) is 23.1 Å². The summed E-state index contributed by atoms with van der Waals surface area (Å²) in [7, 11) is 0. The van der Waals surface area contributed by atoms with Gasteiger partial charge in [0.25, 0.3) is 0 Å². The molecule has 20 heavy (non-hydrogen) atoms. The summed E-state index contributed by atoms with van der Waals surface area (Å²) in [6.07, 6.45) is 5.55. The van der Waals surface area contributed by atoms with Crippen LogP contribution in [0, 0.1) is 0 Å². The van der Waals surface area contributed by atoms with Crippen LogP contribution in [0.2, 0.25) is 0 Å². The van der Waals surface area contributed by atoms with Crippen LogP contribution < -0.4 is 5.32 Å². The third kappa shape index (κ3) is 3.73. The predicted octanol–water partition coefficient (Wildman–Crippen LogP) is 3.18. The van der Waals surface area contributed by atoms with E-state index in [-0.39, 0.29) is 11.6 Å². The highest BCUT2D eigenvalue weighted by Crippen LogP contribution is 2.17. The highest BCUT2D eigenvalue weighted by molar-refractivity contribution is 5.99. The van der Waals surface area contributed by atoms with Crippen molar-refractivity contribution in [3.63, 3.8) is 0 Å². The zero-order valence-electron chi connectivity index (χ0n) is 11.5. The molecule has 5 heteroatoms. The summed E-state index contributed by atoms with van der Waals surface area (Å²) in [5, 5.41) is 11.8. The normalized spacial score (nSPS) is 16.1. The minimum absolute atomic E-state index is 0.118. The minimum atomic E-state index is -1.03. The van der Waals surface area contributed by atoms with E-state index in [9.17, 15) is 9.59 Å². The number of aromatic carboxylic acids is 1. The van der Waals surface area contributed by atoms with E-state index in [0.717, 1.165) is 38.8 Å². The summed E-state index contributed by atoms with van der Waals surface area (Å²) in [6, 6.07) is 6.27. The summed E-state index contributed by atoms with van der Waals surface area (Å²) in [5.74, 6) is -1.03.